The van der Waals surface area contributed by atoms with Crippen molar-refractivity contribution in [3.8, 4) is 0 Å². The number of aryl methyl sites for hydroxylation is 3. The molecule has 0 aliphatic rings. The van der Waals surface area contributed by atoms with E-state index in [-0.39, 0.29) is 0 Å². The molecule has 3 rings (SSSR count). The van der Waals surface area contributed by atoms with E-state index >= 15 is 0 Å². The van der Waals surface area contributed by atoms with Crippen LogP contribution in [0.25, 0.3) is 0 Å². The zero-order valence-corrected chi connectivity index (χ0v) is 15.1. The van der Waals surface area contributed by atoms with Gasteiger partial charge < -0.3 is 0 Å². The predicted octanol–water partition coefficient (Wildman–Crippen LogP) is 4.00. The third-order valence-corrected chi connectivity index (χ3v) is 3.99. The molecule has 0 unspecified atom stereocenters. The Bertz CT molecular complexity index is 732. The van der Waals surface area contributed by atoms with E-state index in [1.807, 2.05) is 39.0 Å². The maximum absolute atomic E-state index is 4.65. The molecule has 3 aromatic rings. The van der Waals surface area contributed by atoms with Gasteiger partial charge in [-0.15, -0.1) is 0 Å². The van der Waals surface area contributed by atoms with Gasteiger partial charge in [0.25, 0.3) is 0 Å². The number of hydrogen-bond donors (Lipinski definition) is 0. The van der Waals surface area contributed by atoms with Gasteiger partial charge in [0, 0.05) is 36.7 Å². The summed E-state index contributed by atoms with van der Waals surface area (Å²) in [5.74, 6) is 0. The highest BCUT2D eigenvalue weighted by atomic mass is 15.1. The topological polar surface area (TPSA) is 41.9 Å². The Morgan fingerprint density at radius 2 is 0.880 bits per heavy atom. The van der Waals surface area contributed by atoms with Gasteiger partial charge in [-0.05, 0) is 57.2 Å². The van der Waals surface area contributed by atoms with E-state index in [1.54, 1.807) is 0 Å². The molecule has 3 aromatic heterocycles. The summed E-state index contributed by atoms with van der Waals surface area (Å²) in [4.78, 5) is 16.3. The van der Waals surface area contributed by atoms with Crippen molar-refractivity contribution < 1.29 is 0 Å². The molecule has 4 heteroatoms. The van der Waals surface area contributed by atoms with Gasteiger partial charge in [0.1, 0.15) is 0 Å². The van der Waals surface area contributed by atoms with Crippen molar-refractivity contribution >= 4 is 0 Å². The van der Waals surface area contributed by atoms with Gasteiger partial charge in [0.05, 0.1) is 17.1 Å². The Balaban J connectivity index is 1.82. The summed E-state index contributed by atoms with van der Waals surface area (Å²) in [7, 11) is 0. The molecule has 0 aliphatic carbocycles. The molecule has 0 N–H and O–H groups in total. The Morgan fingerprint density at radius 1 is 0.560 bits per heavy atom. The Morgan fingerprint density at radius 3 is 1.16 bits per heavy atom. The van der Waals surface area contributed by atoms with Crippen LogP contribution < -0.4 is 0 Å². The van der Waals surface area contributed by atoms with Crippen LogP contribution in [-0.4, -0.2) is 19.9 Å². The molecule has 128 valence electrons. The molecular formula is C21H24N4. The van der Waals surface area contributed by atoms with Crippen molar-refractivity contribution in [3.63, 3.8) is 0 Å². The van der Waals surface area contributed by atoms with E-state index in [4.69, 9.17) is 0 Å². The Labute approximate surface area is 149 Å². The second kappa shape index (κ2) is 7.99. The van der Waals surface area contributed by atoms with Crippen molar-refractivity contribution in [2.75, 3.05) is 0 Å². The molecule has 0 amide bonds. The average molecular weight is 332 g/mol. The minimum atomic E-state index is 0.771. The van der Waals surface area contributed by atoms with Crippen LogP contribution in [0.4, 0.5) is 0 Å². The highest BCUT2D eigenvalue weighted by Gasteiger charge is 2.11. The molecule has 0 aromatic carbocycles. The van der Waals surface area contributed by atoms with Crippen molar-refractivity contribution in [2.24, 2.45) is 0 Å². The van der Waals surface area contributed by atoms with Crippen LogP contribution in [0.15, 0.2) is 54.6 Å². The smallest absolute Gasteiger partial charge is 0.0547 e. The lowest BCUT2D eigenvalue weighted by Crippen LogP contribution is -2.24. The van der Waals surface area contributed by atoms with Crippen molar-refractivity contribution in [3.05, 3.63) is 88.8 Å². The minimum absolute atomic E-state index is 0.771. The van der Waals surface area contributed by atoms with E-state index in [0.717, 1.165) is 53.8 Å². The van der Waals surface area contributed by atoms with Gasteiger partial charge in [-0.1, -0.05) is 18.2 Å². The average Bonchev–Trinajstić information content (AvgIpc) is 2.55. The van der Waals surface area contributed by atoms with Crippen LogP contribution in [0.2, 0.25) is 0 Å². The first-order valence-corrected chi connectivity index (χ1v) is 8.58. The summed E-state index contributed by atoms with van der Waals surface area (Å²) >= 11 is 0. The monoisotopic (exact) mass is 332 g/mol. The van der Waals surface area contributed by atoms with Crippen LogP contribution >= 0.6 is 0 Å². The highest BCUT2D eigenvalue weighted by molar-refractivity contribution is 5.14. The second-order valence-corrected chi connectivity index (χ2v) is 6.46. The first kappa shape index (κ1) is 17.2. The molecule has 0 fully saturated rings. The summed E-state index contributed by atoms with van der Waals surface area (Å²) < 4.78 is 0. The molecule has 0 atom stereocenters. The zero-order chi connectivity index (χ0) is 17.6. The van der Waals surface area contributed by atoms with E-state index in [2.05, 4.69) is 56.3 Å². The largest absolute Gasteiger partial charge is 0.286 e. The number of aromatic nitrogens is 3. The standard InChI is InChI=1S/C21H24N4/c1-16-7-4-10-19(22-16)13-25(14-20-11-5-8-17(2)23-20)15-21-12-6-9-18(3)24-21/h4-12H,13-15H2,1-3H3. The SMILES string of the molecule is Cc1cccc(CN(Cc2cccc(C)n2)Cc2cccc(C)n2)n1. The van der Waals surface area contributed by atoms with Crippen LogP contribution in [-0.2, 0) is 19.6 Å². The lowest BCUT2D eigenvalue weighted by atomic mass is 10.2. The number of nitrogens with zero attached hydrogens (tertiary/aromatic N) is 4. The molecule has 3 heterocycles. The third-order valence-electron chi connectivity index (χ3n) is 3.99. The van der Waals surface area contributed by atoms with Crippen LogP contribution in [0.3, 0.4) is 0 Å². The summed E-state index contributed by atoms with van der Waals surface area (Å²) in [6.45, 7) is 8.39. The van der Waals surface area contributed by atoms with Crippen molar-refractivity contribution in [1.29, 1.82) is 0 Å². The van der Waals surface area contributed by atoms with Gasteiger partial charge in [-0.2, -0.15) is 0 Å². The predicted molar refractivity (Wildman–Crippen MR) is 99.9 cm³/mol. The normalized spacial score (nSPS) is 11.0. The Hall–Kier alpha value is -2.59. The summed E-state index contributed by atoms with van der Waals surface area (Å²) in [6.07, 6.45) is 0. The molecule has 0 radical (unpaired) electrons. The molecule has 25 heavy (non-hydrogen) atoms. The van der Waals surface area contributed by atoms with E-state index < -0.39 is 0 Å². The minimum Gasteiger partial charge on any atom is -0.286 e. The fraction of sp³-hybridized carbons (Fsp3) is 0.286. The third kappa shape index (κ3) is 5.19. The van der Waals surface area contributed by atoms with E-state index in [0.29, 0.717) is 0 Å². The summed E-state index contributed by atoms with van der Waals surface area (Å²) in [6, 6.07) is 18.5. The lowest BCUT2D eigenvalue weighted by molar-refractivity contribution is 0.238. The van der Waals surface area contributed by atoms with E-state index in [9.17, 15) is 0 Å². The molecule has 4 nitrogen and oxygen atoms in total. The van der Waals surface area contributed by atoms with Gasteiger partial charge in [-0.25, -0.2) is 0 Å². The van der Waals surface area contributed by atoms with Crippen molar-refractivity contribution in [1.82, 2.24) is 19.9 Å². The second-order valence-electron chi connectivity index (χ2n) is 6.46. The molecule has 0 saturated carbocycles. The molecule has 0 aliphatic heterocycles. The first-order valence-electron chi connectivity index (χ1n) is 8.58. The van der Waals surface area contributed by atoms with Gasteiger partial charge in [-0.3, -0.25) is 19.9 Å². The molecular weight excluding hydrogens is 308 g/mol. The first-order chi connectivity index (χ1) is 12.1. The number of hydrogen-bond acceptors (Lipinski definition) is 4. The van der Waals surface area contributed by atoms with E-state index in [1.165, 1.54) is 0 Å². The maximum atomic E-state index is 4.65. The summed E-state index contributed by atoms with van der Waals surface area (Å²) in [5.41, 5.74) is 6.33. The highest BCUT2D eigenvalue weighted by Crippen LogP contribution is 2.12. The van der Waals surface area contributed by atoms with Crippen LogP contribution in [0.1, 0.15) is 34.2 Å². The van der Waals surface area contributed by atoms with Crippen LogP contribution in [0.5, 0.6) is 0 Å². The fourth-order valence-corrected chi connectivity index (χ4v) is 2.92. The fourth-order valence-electron chi connectivity index (χ4n) is 2.92. The molecule has 0 spiro atoms. The molecule has 0 bridgehead atoms. The quantitative estimate of drug-likeness (QED) is 0.684. The number of pyridine rings is 3. The lowest BCUT2D eigenvalue weighted by Gasteiger charge is -2.22. The van der Waals surface area contributed by atoms with Gasteiger partial charge >= 0.3 is 0 Å². The summed E-state index contributed by atoms with van der Waals surface area (Å²) in [5, 5.41) is 0. The van der Waals surface area contributed by atoms with Crippen LogP contribution in [0, 0.1) is 20.8 Å². The zero-order valence-electron chi connectivity index (χ0n) is 15.1. The van der Waals surface area contributed by atoms with Gasteiger partial charge in [0.15, 0.2) is 0 Å². The number of rotatable bonds is 6. The Kier molecular flexibility index (Phi) is 5.51. The van der Waals surface area contributed by atoms with Crippen molar-refractivity contribution in [2.45, 2.75) is 40.4 Å². The molecule has 0 saturated heterocycles. The maximum Gasteiger partial charge on any atom is 0.0547 e. The van der Waals surface area contributed by atoms with Gasteiger partial charge in [0.2, 0.25) is 0 Å².